The molecule has 10 heteroatoms. The molecule has 4 rings (SSSR count). The Bertz CT molecular complexity index is 1580. The van der Waals surface area contributed by atoms with Crippen molar-refractivity contribution in [3.05, 3.63) is 101 Å². The van der Waals surface area contributed by atoms with E-state index in [1.165, 1.54) is 43.5 Å². The number of carbonyl (C=O) groups excluding carboxylic acids is 2. The fourth-order valence-corrected chi connectivity index (χ4v) is 4.92. The lowest BCUT2D eigenvalue weighted by molar-refractivity contribution is -0.114. The van der Waals surface area contributed by atoms with Gasteiger partial charge in [0.1, 0.15) is 4.90 Å². The second-order valence-corrected chi connectivity index (χ2v) is 10.1. The lowest BCUT2D eigenvalue weighted by Gasteiger charge is -2.10. The molecule has 0 aromatic heterocycles. The minimum atomic E-state index is -4.10. The topological polar surface area (TPSA) is 114 Å². The second kappa shape index (κ2) is 10.7. The van der Waals surface area contributed by atoms with Gasteiger partial charge >= 0.3 is 10.1 Å². The Labute approximate surface area is 216 Å². The van der Waals surface area contributed by atoms with Crippen LogP contribution in [0.25, 0.3) is 10.8 Å². The molecule has 8 nitrogen and oxygen atoms in total. The Morgan fingerprint density at radius 2 is 1.67 bits per heavy atom. The lowest BCUT2D eigenvalue weighted by Crippen LogP contribution is -2.17. The number of hydrogen-bond acceptors (Lipinski definition) is 6. The van der Waals surface area contributed by atoms with Gasteiger partial charge in [0, 0.05) is 18.2 Å². The Morgan fingerprint density at radius 3 is 2.39 bits per heavy atom. The molecule has 0 fully saturated rings. The molecule has 0 saturated heterocycles. The third kappa shape index (κ3) is 5.96. The van der Waals surface area contributed by atoms with Crippen LogP contribution >= 0.6 is 15.9 Å². The monoisotopic (exact) mass is 565 g/mol. The number of rotatable bonds is 7. The Morgan fingerprint density at radius 1 is 0.944 bits per heavy atom. The van der Waals surface area contributed by atoms with Crippen LogP contribution in [0.15, 0.2) is 99.4 Å². The quantitative estimate of drug-likeness (QED) is 0.184. The van der Waals surface area contributed by atoms with Gasteiger partial charge in [-0.15, -0.1) is 0 Å². The third-order valence-electron chi connectivity index (χ3n) is 5.03. The van der Waals surface area contributed by atoms with Crippen molar-refractivity contribution in [3.8, 4) is 5.75 Å². The van der Waals surface area contributed by atoms with Gasteiger partial charge in [-0.1, -0.05) is 36.4 Å². The first-order valence-corrected chi connectivity index (χ1v) is 12.9. The molecule has 0 saturated carbocycles. The van der Waals surface area contributed by atoms with E-state index in [4.69, 9.17) is 4.18 Å². The number of nitrogens with one attached hydrogen (secondary N) is 2. The van der Waals surface area contributed by atoms with Crippen molar-refractivity contribution >= 4 is 60.5 Å². The zero-order valence-electron chi connectivity index (χ0n) is 18.9. The van der Waals surface area contributed by atoms with Crippen molar-refractivity contribution < 1.29 is 22.2 Å². The first kappa shape index (κ1) is 25.1. The summed E-state index contributed by atoms with van der Waals surface area (Å²) in [7, 11) is -4.10. The fourth-order valence-electron chi connectivity index (χ4n) is 3.39. The second-order valence-electron chi connectivity index (χ2n) is 7.66. The number of nitrogens with zero attached hydrogens (tertiary/aromatic N) is 1. The van der Waals surface area contributed by atoms with Crippen LogP contribution in [0.1, 0.15) is 22.8 Å². The standard InChI is InChI=1S/C26H20BrN3O5S/c1-17(31)29-20-10-12-21(13-11-20)36(33,34)35-25-14-9-18(15-24(25)27)16-28-30-26(32)23-8-4-6-19-5-2-3-7-22(19)23/h2-16H,1H3,(H,29,31)(H,30,32)/b28-16-. The van der Waals surface area contributed by atoms with Crippen molar-refractivity contribution in [1.82, 2.24) is 5.43 Å². The van der Waals surface area contributed by atoms with Gasteiger partial charge < -0.3 is 9.50 Å². The molecule has 36 heavy (non-hydrogen) atoms. The van der Waals surface area contributed by atoms with E-state index in [1.807, 2.05) is 36.4 Å². The van der Waals surface area contributed by atoms with Gasteiger partial charge in [0.25, 0.3) is 5.91 Å². The Balaban J connectivity index is 1.43. The number of hydrazone groups is 1. The Hall–Kier alpha value is -4.02. The van der Waals surface area contributed by atoms with E-state index in [0.29, 0.717) is 21.3 Å². The summed E-state index contributed by atoms with van der Waals surface area (Å²) in [6.07, 6.45) is 1.44. The molecule has 0 heterocycles. The van der Waals surface area contributed by atoms with E-state index in [1.54, 1.807) is 18.2 Å². The van der Waals surface area contributed by atoms with Crippen LogP contribution < -0.4 is 14.9 Å². The van der Waals surface area contributed by atoms with E-state index in [2.05, 4.69) is 31.8 Å². The molecule has 0 radical (unpaired) electrons. The number of halogens is 1. The van der Waals surface area contributed by atoms with Crippen LogP contribution in [-0.4, -0.2) is 26.4 Å². The minimum Gasteiger partial charge on any atom is -0.378 e. The average molecular weight is 566 g/mol. The van der Waals surface area contributed by atoms with Crippen LogP contribution in [0, 0.1) is 0 Å². The van der Waals surface area contributed by atoms with E-state index in [0.717, 1.165) is 10.8 Å². The van der Waals surface area contributed by atoms with Crippen LogP contribution in [0.3, 0.4) is 0 Å². The van der Waals surface area contributed by atoms with Gasteiger partial charge in [-0.2, -0.15) is 13.5 Å². The first-order valence-electron chi connectivity index (χ1n) is 10.7. The Kier molecular flexibility index (Phi) is 7.47. The fraction of sp³-hybridized carbons (Fsp3) is 0.0385. The van der Waals surface area contributed by atoms with Gasteiger partial charge in [0.2, 0.25) is 5.91 Å². The van der Waals surface area contributed by atoms with E-state index < -0.39 is 10.1 Å². The van der Waals surface area contributed by atoms with Crippen LogP contribution in [0.2, 0.25) is 0 Å². The predicted molar refractivity (Wildman–Crippen MR) is 142 cm³/mol. The molecule has 2 amide bonds. The number of anilines is 1. The molecule has 2 N–H and O–H groups in total. The summed E-state index contributed by atoms with van der Waals surface area (Å²) in [5.41, 5.74) is 4.09. The normalized spacial score (nSPS) is 11.4. The number of fused-ring (bicyclic) bond motifs is 1. The lowest BCUT2D eigenvalue weighted by atomic mass is 10.0. The average Bonchev–Trinajstić information content (AvgIpc) is 2.85. The molecule has 4 aromatic carbocycles. The maximum absolute atomic E-state index is 12.6. The summed E-state index contributed by atoms with van der Waals surface area (Å²) in [4.78, 5) is 23.7. The maximum atomic E-state index is 12.6. The predicted octanol–water partition coefficient (Wildman–Crippen LogP) is 5.09. The third-order valence-corrected chi connectivity index (χ3v) is 6.90. The van der Waals surface area contributed by atoms with Gasteiger partial charge in [-0.05, 0) is 80.8 Å². The highest BCUT2D eigenvalue weighted by atomic mass is 79.9. The largest absolute Gasteiger partial charge is 0.378 e. The van der Waals surface area contributed by atoms with Crippen LogP contribution in [0.5, 0.6) is 5.75 Å². The summed E-state index contributed by atoms with van der Waals surface area (Å²) >= 11 is 3.31. The molecule has 182 valence electrons. The van der Waals surface area contributed by atoms with Gasteiger partial charge in [-0.25, -0.2) is 5.43 Å². The minimum absolute atomic E-state index is 0.0645. The zero-order valence-corrected chi connectivity index (χ0v) is 21.3. The van der Waals surface area contributed by atoms with Crippen molar-refractivity contribution in [2.75, 3.05) is 5.32 Å². The maximum Gasteiger partial charge on any atom is 0.339 e. The molecule has 0 aliphatic rings. The molecular formula is C26H20BrN3O5S. The number of carbonyl (C=O) groups is 2. The summed E-state index contributed by atoms with van der Waals surface area (Å²) in [5, 5.41) is 8.35. The summed E-state index contributed by atoms with van der Waals surface area (Å²) in [6, 6.07) is 23.3. The molecule has 0 bridgehead atoms. The molecular weight excluding hydrogens is 546 g/mol. The van der Waals surface area contributed by atoms with Crippen LogP contribution in [-0.2, 0) is 14.9 Å². The van der Waals surface area contributed by atoms with Crippen molar-refractivity contribution in [3.63, 3.8) is 0 Å². The number of hydrogen-bond donors (Lipinski definition) is 2. The smallest absolute Gasteiger partial charge is 0.339 e. The molecule has 0 aliphatic heterocycles. The number of benzene rings is 4. The van der Waals surface area contributed by atoms with Gasteiger partial charge in [-0.3, -0.25) is 9.59 Å². The summed E-state index contributed by atoms with van der Waals surface area (Å²) in [5.74, 6) is -0.530. The molecule has 0 aliphatic carbocycles. The summed E-state index contributed by atoms with van der Waals surface area (Å²) in [6.45, 7) is 1.36. The van der Waals surface area contributed by atoms with E-state index in [-0.39, 0.29) is 22.5 Å². The number of amides is 2. The first-order chi connectivity index (χ1) is 17.2. The van der Waals surface area contributed by atoms with E-state index >= 15 is 0 Å². The highest BCUT2D eigenvalue weighted by Crippen LogP contribution is 2.29. The van der Waals surface area contributed by atoms with Gasteiger partial charge in [0.15, 0.2) is 5.75 Å². The van der Waals surface area contributed by atoms with E-state index in [9.17, 15) is 18.0 Å². The van der Waals surface area contributed by atoms with Crippen molar-refractivity contribution in [2.24, 2.45) is 5.10 Å². The molecule has 0 spiro atoms. The highest BCUT2D eigenvalue weighted by Gasteiger charge is 2.18. The van der Waals surface area contributed by atoms with Crippen molar-refractivity contribution in [1.29, 1.82) is 0 Å². The molecule has 0 unspecified atom stereocenters. The van der Waals surface area contributed by atoms with Crippen LogP contribution in [0.4, 0.5) is 5.69 Å². The highest BCUT2D eigenvalue weighted by molar-refractivity contribution is 9.10. The molecule has 4 aromatic rings. The van der Waals surface area contributed by atoms with Crippen molar-refractivity contribution in [2.45, 2.75) is 11.8 Å². The van der Waals surface area contributed by atoms with Gasteiger partial charge in [0.05, 0.1) is 10.7 Å². The summed E-state index contributed by atoms with van der Waals surface area (Å²) < 4.78 is 30.9. The zero-order chi connectivity index (χ0) is 25.7. The molecule has 0 atom stereocenters. The SMILES string of the molecule is CC(=O)Nc1ccc(S(=O)(=O)Oc2ccc(/C=N\NC(=O)c3cccc4ccccc34)cc2Br)cc1.